The third-order valence-corrected chi connectivity index (χ3v) is 6.69. The Morgan fingerprint density at radius 3 is 2.32 bits per heavy atom. The Bertz CT molecular complexity index is 1280. The molecule has 0 unspecified atom stereocenters. The van der Waals surface area contributed by atoms with E-state index in [4.69, 9.17) is 4.74 Å². The van der Waals surface area contributed by atoms with E-state index < -0.39 is 5.97 Å². The third-order valence-electron chi connectivity index (χ3n) is 6.69. The van der Waals surface area contributed by atoms with Gasteiger partial charge in [0.25, 0.3) is 0 Å². The normalized spacial score (nSPS) is 14.9. The molecule has 1 aliphatic heterocycles. The minimum atomic E-state index is -1.04. The molecule has 0 bridgehead atoms. The van der Waals surface area contributed by atoms with Gasteiger partial charge in [-0.15, -0.1) is 14.8 Å². The summed E-state index contributed by atoms with van der Waals surface area (Å²) < 4.78 is 8.02. The molecule has 2 aromatic heterocycles. The summed E-state index contributed by atoms with van der Waals surface area (Å²) in [5, 5.41) is 21.2. The van der Waals surface area contributed by atoms with Crippen molar-refractivity contribution >= 4 is 17.4 Å². The molecule has 0 saturated carbocycles. The molecule has 0 spiro atoms. The molecule has 1 saturated heterocycles. The fourth-order valence-electron chi connectivity index (χ4n) is 4.80. The molecule has 9 heteroatoms. The summed E-state index contributed by atoms with van der Waals surface area (Å²) in [5.41, 5.74) is 2.88. The van der Waals surface area contributed by atoms with Gasteiger partial charge in [-0.2, -0.15) is 0 Å². The van der Waals surface area contributed by atoms with Crippen LogP contribution in [0.3, 0.4) is 0 Å². The molecule has 0 aliphatic carbocycles. The number of hydrogen-bond donors (Lipinski definition) is 2. The number of likely N-dealkylation sites (tertiary alicyclic amines) is 1. The topological polar surface area (TPSA) is 105 Å². The van der Waals surface area contributed by atoms with Crippen molar-refractivity contribution in [1.29, 1.82) is 0 Å². The van der Waals surface area contributed by atoms with Crippen LogP contribution in [0.4, 0.5) is 5.82 Å². The standard InChI is InChI=1S/C28H32N6O3/c1-20-30-25-19-24(28(35)36)27(32-34(25)31-20)29-15-8-16-33-17-13-23(14-18-33)37-26(21-9-4-2-5-10-21)22-11-6-3-7-12-22/h2-7,9-12,19,23,26H,8,13-18H2,1H3,(H,29,32)(H,35,36). The number of rotatable bonds is 10. The summed E-state index contributed by atoms with van der Waals surface area (Å²) in [5.74, 6) is -0.179. The number of nitrogens with zero attached hydrogens (tertiary/aromatic N) is 5. The van der Waals surface area contributed by atoms with Gasteiger partial charge < -0.3 is 20.1 Å². The van der Waals surface area contributed by atoms with Crippen LogP contribution in [-0.4, -0.2) is 68.1 Å². The number of carboxylic acids is 1. The second kappa shape index (κ2) is 11.5. The fraction of sp³-hybridized carbons (Fsp3) is 0.357. The van der Waals surface area contributed by atoms with Gasteiger partial charge in [0.1, 0.15) is 17.5 Å². The summed E-state index contributed by atoms with van der Waals surface area (Å²) in [6, 6.07) is 22.3. The van der Waals surface area contributed by atoms with Crippen molar-refractivity contribution in [2.45, 2.75) is 38.4 Å². The minimum Gasteiger partial charge on any atom is -0.478 e. The van der Waals surface area contributed by atoms with Crippen LogP contribution in [0, 0.1) is 6.92 Å². The number of ether oxygens (including phenoxy) is 1. The highest BCUT2D eigenvalue weighted by Crippen LogP contribution is 2.30. The second-order valence-corrected chi connectivity index (χ2v) is 9.38. The van der Waals surface area contributed by atoms with E-state index in [2.05, 4.69) is 73.9 Å². The zero-order chi connectivity index (χ0) is 25.6. The number of aryl methyl sites for hydroxylation is 1. The van der Waals surface area contributed by atoms with Gasteiger partial charge in [0.2, 0.25) is 0 Å². The molecule has 2 N–H and O–H groups in total. The molecule has 0 amide bonds. The molecule has 4 aromatic rings. The van der Waals surface area contributed by atoms with Crippen molar-refractivity contribution in [2.24, 2.45) is 0 Å². The van der Waals surface area contributed by atoms with Crippen LogP contribution in [0.1, 0.15) is 52.7 Å². The summed E-state index contributed by atoms with van der Waals surface area (Å²) in [6.45, 7) is 5.24. The lowest BCUT2D eigenvalue weighted by Gasteiger charge is -2.34. The van der Waals surface area contributed by atoms with Crippen molar-refractivity contribution in [2.75, 3.05) is 31.5 Å². The first-order valence-electron chi connectivity index (χ1n) is 12.8. The van der Waals surface area contributed by atoms with E-state index in [1.807, 2.05) is 12.1 Å². The van der Waals surface area contributed by atoms with Crippen LogP contribution in [0.2, 0.25) is 0 Å². The third kappa shape index (κ3) is 6.12. The molecule has 1 aliphatic rings. The predicted molar refractivity (Wildman–Crippen MR) is 141 cm³/mol. The number of piperidine rings is 1. The highest BCUT2D eigenvalue weighted by Gasteiger charge is 2.24. The monoisotopic (exact) mass is 500 g/mol. The summed E-state index contributed by atoms with van der Waals surface area (Å²) >= 11 is 0. The number of hydrogen-bond acceptors (Lipinski definition) is 7. The number of fused-ring (bicyclic) bond motifs is 1. The summed E-state index contributed by atoms with van der Waals surface area (Å²) in [4.78, 5) is 18.3. The van der Waals surface area contributed by atoms with E-state index in [1.165, 1.54) is 21.8 Å². The first-order valence-corrected chi connectivity index (χ1v) is 12.8. The smallest absolute Gasteiger partial charge is 0.339 e. The van der Waals surface area contributed by atoms with Crippen LogP contribution in [0.25, 0.3) is 5.65 Å². The van der Waals surface area contributed by atoms with Gasteiger partial charge in [0, 0.05) is 25.7 Å². The van der Waals surface area contributed by atoms with Crippen LogP contribution in [0.15, 0.2) is 66.7 Å². The number of benzene rings is 2. The molecule has 1 fully saturated rings. The first kappa shape index (κ1) is 24.9. The quantitative estimate of drug-likeness (QED) is 0.312. The van der Waals surface area contributed by atoms with E-state index in [0.29, 0.717) is 23.8 Å². The summed E-state index contributed by atoms with van der Waals surface area (Å²) in [7, 11) is 0. The lowest BCUT2D eigenvalue weighted by Crippen LogP contribution is -2.38. The lowest BCUT2D eigenvalue weighted by molar-refractivity contribution is -0.0269. The molecular weight excluding hydrogens is 468 g/mol. The van der Waals surface area contributed by atoms with Gasteiger partial charge in [0.05, 0.1) is 6.10 Å². The van der Waals surface area contributed by atoms with Gasteiger partial charge in [-0.1, -0.05) is 60.7 Å². The van der Waals surface area contributed by atoms with Crippen LogP contribution < -0.4 is 5.32 Å². The molecular formula is C28H32N6O3. The molecule has 9 nitrogen and oxygen atoms in total. The first-order chi connectivity index (χ1) is 18.1. The van der Waals surface area contributed by atoms with E-state index >= 15 is 0 Å². The number of aromatic nitrogens is 4. The van der Waals surface area contributed by atoms with Gasteiger partial charge in [0.15, 0.2) is 11.5 Å². The Hall–Kier alpha value is -3.82. The van der Waals surface area contributed by atoms with Crippen LogP contribution >= 0.6 is 0 Å². The van der Waals surface area contributed by atoms with Gasteiger partial charge in [-0.3, -0.25) is 0 Å². The Morgan fingerprint density at radius 2 is 1.70 bits per heavy atom. The zero-order valence-electron chi connectivity index (χ0n) is 21.0. The largest absolute Gasteiger partial charge is 0.478 e. The fourth-order valence-corrected chi connectivity index (χ4v) is 4.80. The Kier molecular flexibility index (Phi) is 7.72. The number of carbonyl (C=O) groups is 1. The van der Waals surface area contributed by atoms with Crippen molar-refractivity contribution in [1.82, 2.24) is 24.7 Å². The molecule has 2 aromatic carbocycles. The van der Waals surface area contributed by atoms with E-state index in [-0.39, 0.29) is 17.8 Å². The van der Waals surface area contributed by atoms with E-state index in [1.54, 1.807) is 6.92 Å². The Morgan fingerprint density at radius 1 is 1.05 bits per heavy atom. The number of nitrogens with one attached hydrogen (secondary N) is 1. The SMILES string of the molecule is Cc1nc2cc(C(=O)O)c(NCCCN3CCC(OC(c4ccccc4)c4ccccc4)CC3)nn2n1. The number of carboxylic acid groups (broad SMARTS) is 1. The van der Waals surface area contributed by atoms with Crippen LogP contribution in [-0.2, 0) is 4.74 Å². The van der Waals surface area contributed by atoms with Crippen molar-refractivity contribution in [3.63, 3.8) is 0 Å². The number of anilines is 1. The second-order valence-electron chi connectivity index (χ2n) is 9.38. The molecule has 5 rings (SSSR count). The van der Waals surface area contributed by atoms with Crippen molar-refractivity contribution < 1.29 is 14.6 Å². The minimum absolute atomic E-state index is 0.0646. The van der Waals surface area contributed by atoms with Gasteiger partial charge in [-0.05, 0) is 43.9 Å². The Labute approximate surface area is 216 Å². The average molecular weight is 501 g/mol. The average Bonchev–Trinajstić information content (AvgIpc) is 3.29. The molecule has 0 radical (unpaired) electrons. The molecule has 192 valence electrons. The predicted octanol–water partition coefficient (Wildman–Crippen LogP) is 4.20. The van der Waals surface area contributed by atoms with Crippen molar-refractivity contribution in [3.8, 4) is 0 Å². The van der Waals surface area contributed by atoms with Crippen LogP contribution in [0.5, 0.6) is 0 Å². The maximum absolute atomic E-state index is 11.7. The zero-order valence-corrected chi connectivity index (χ0v) is 21.0. The lowest BCUT2D eigenvalue weighted by atomic mass is 10.00. The Balaban J connectivity index is 1.11. The highest BCUT2D eigenvalue weighted by atomic mass is 16.5. The van der Waals surface area contributed by atoms with E-state index in [0.717, 1.165) is 38.9 Å². The molecule has 37 heavy (non-hydrogen) atoms. The highest BCUT2D eigenvalue weighted by molar-refractivity contribution is 5.94. The number of aromatic carboxylic acids is 1. The maximum atomic E-state index is 11.7. The molecule has 0 atom stereocenters. The summed E-state index contributed by atoms with van der Waals surface area (Å²) in [6.07, 6.45) is 2.98. The maximum Gasteiger partial charge on any atom is 0.339 e. The van der Waals surface area contributed by atoms with Crippen molar-refractivity contribution in [3.05, 3.63) is 89.2 Å². The van der Waals surface area contributed by atoms with Gasteiger partial charge >= 0.3 is 5.97 Å². The van der Waals surface area contributed by atoms with Gasteiger partial charge in [-0.25, -0.2) is 9.78 Å². The van der Waals surface area contributed by atoms with E-state index in [9.17, 15) is 9.90 Å². The molecule has 3 heterocycles.